The summed E-state index contributed by atoms with van der Waals surface area (Å²) in [6.45, 7) is 7.11. The summed E-state index contributed by atoms with van der Waals surface area (Å²) in [6, 6.07) is 10.6. The van der Waals surface area contributed by atoms with Crippen molar-refractivity contribution >= 4 is 17.4 Å². The van der Waals surface area contributed by atoms with Gasteiger partial charge in [-0.2, -0.15) is 0 Å². The Morgan fingerprint density at radius 1 is 1.13 bits per heavy atom. The maximum atomic E-state index is 12.4. The lowest BCUT2D eigenvalue weighted by molar-refractivity contribution is 0.0980. The first-order valence-corrected chi connectivity index (χ1v) is 7.46. The summed E-state index contributed by atoms with van der Waals surface area (Å²) < 4.78 is 5.17. The zero-order valence-corrected chi connectivity index (χ0v) is 14.1. The van der Waals surface area contributed by atoms with E-state index >= 15 is 0 Å². The number of hydrogen-bond acceptors (Lipinski definition) is 4. The number of pyridine rings is 1. The Morgan fingerprint density at radius 2 is 1.74 bits per heavy atom. The fourth-order valence-corrected chi connectivity index (χ4v) is 1.95. The van der Waals surface area contributed by atoms with Crippen molar-refractivity contribution in [3.05, 3.63) is 53.3 Å². The number of nitrogens with zero attached hydrogens (tertiary/aromatic N) is 1. The minimum Gasteiger partial charge on any atom is -0.495 e. The zero-order valence-electron chi connectivity index (χ0n) is 14.1. The molecule has 0 unspecified atom stereocenters. The predicted molar refractivity (Wildman–Crippen MR) is 91.3 cm³/mol. The minimum absolute atomic E-state index is 0.140. The smallest absolute Gasteiger partial charge is 0.258 e. The highest BCUT2D eigenvalue weighted by atomic mass is 16.5. The number of nitrogens with one attached hydrogen (secondary N) is 1. The summed E-state index contributed by atoms with van der Waals surface area (Å²) in [5.41, 5.74) is 1.56. The number of aryl methyl sites for hydroxylation is 1. The summed E-state index contributed by atoms with van der Waals surface area (Å²) in [5.74, 6) is -0.186. The van der Waals surface area contributed by atoms with E-state index in [0.29, 0.717) is 17.1 Å². The van der Waals surface area contributed by atoms with E-state index in [9.17, 15) is 9.59 Å². The monoisotopic (exact) mass is 314 g/mol. The number of ether oxygens (including phenoxy) is 1. The first-order valence-electron chi connectivity index (χ1n) is 7.46. The van der Waals surface area contributed by atoms with Crippen molar-refractivity contribution in [3.8, 4) is 5.75 Å². The quantitative estimate of drug-likeness (QED) is 0.870. The van der Waals surface area contributed by atoms with Crippen molar-refractivity contribution in [2.45, 2.75) is 27.7 Å². The van der Waals surface area contributed by atoms with Gasteiger partial charge in [-0.3, -0.25) is 9.59 Å². The average Bonchev–Trinajstić information content (AvgIpc) is 2.57. The second-order valence-electron chi connectivity index (χ2n) is 4.55. The van der Waals surface area contributed by atoms with Gasteiger partial charge in [0.2, 0.25) is 0 Å². The van der Waals surface area contributed by atoms with Crippen LogP contribution in [0.15, 0.2) is 36.4 Å². The van der Waals surface area contributed by atoms with Gasteiger partial charge in [0.15, 0.2) is 5.78 Å². The number of aromatic nitrogens is 1. The number of para-hydroxylation sites is 1. The third-order valence-corrected chi connectivity index (χ3v) is 3.00. The lowest BCUT2D eigenvalue weighted by atomic mass is 10.1. The summed E-state index contributed by atoms with van der Waals surface area (Å²) in [5, 5.41) is 2.74. The van der Waals surface area contributed by atoms with Crippen molar-refractivity contribution in [1.29, 1.82) is 0 Å². The molecule has 0 spiro atoms. The van der Waals surface area contributed by atoms with E-state index < -0.39 is 5.91 Å². The van der Waals surface area contributed by atoms with Crippen molar-refractivity contribution in [2.75, 3.05) is 12.4 Å². The van der Waals surface area contributed by atoms with Crippen LogP contribution >= 0.6 is 0 Å². The number of rotatable bonds is 4. The van der Waals surface area contributed by atoms with Crippen LogP contribution in [0.1, 0.15) is 47.3 Å². The molecule has 0 bridgehead atoms. The molecule has 0 aliphatic heterocycles. The molecule has 1 aromatic heterocycles. The van der Waals surface area contributed by atoms with Gasteiger partial charge in [0.25, 0.3) is 5.91 Å². The van der Waals surface area contributed by atoms with Gasteiger partial charge in [-0.15, -0.1) is 0 Å². The molecule has 5 heteroatoms. The van der Waals surface area contributed by atoms with E-state index in [1.54, 1.807) is 19.1 Å². The van der Waals surface area contributed by atoms with E-state index in [1.807, 2.05) is 32.0 Å². The number of hydrogen-bond donors (Lipinski definition) is 1. The maximum absolute atomic E-state index is 12.4. The van der Waals surface area contributed by atoms with E-state index in [1.165, 1.54) is 20.1 Å². The summed E-state index contributed by atoms with van der Waals surface area (Å²) in [4.78, 5) is 28.2. The Morgan fingerprint density at radius 3 is 2.26 bits per heavy atom. The second kappa shape index (κ2) is 8.68. The van der Waals surface area contributed by atoms with Gasteiger partial charge in [0, 0.05) is 12.6 Å². The summed E-state index contributed by atoms with van der Waals surface area (Å²) in [6.07, 6.45) is 0. The average molecular weight is 314 g/mol. The number of benzene rings is 1. The minimum atomic E-state index is -0.391. The highest BCUT2D eigenvalue weighted by molar-refractivity contribution is 6.11. The molecular formula is C18H22N2O3. The Labute approximate surface area is 136 Å². The molecule has 0 aliphatic rings. The van der Waals surface area contributed by atoms with Crippen LogP contribution in [0.4, 0.5) is 5.69 Å². The molecule has 1 heterocycles. The maximum Gasteiger partial charge on any atom is 0.258 e. The number of methoxy groups -OCH3 is 1. The Hall–Kier alpha value is -2.69. The van der Waals surface area contributed by atoms with Crippen LogP contribution in [0, 0.1) is 6.92 Å². The molecule has 5 nitrogen and oxygen atoms in total. The number of ketones is 1. The first-order chi connectivity index (χ1) is 11.0. The Bertz CT molecular complexity index is 682. The number of anilines is 1. The largest absolute Gasteiger partial charge is 0.495 e. The molecule has 0 aliphatic carbocycles. The van der Waals surface area contributed by atoms with Gasteiger partial charge in [-0.1, -0.05) is 32.0 Å². The third kappa shape index (κ3) is 4.64. The molecular weight excluding hydrogens is 292 g/mol. The van der Waals surface area contributed by atoms with Crippen molar-refractivity contribution in [1.82, 2.24) is 4.98 Å². The van der Waals surface area contributed by atoms with E-state index in [0.717, 1.165) is 0 Å². The lowest BCUT2D eigenvalue weighted by Gasteiger charge is -2.11. The molecule has 23 heavy (non-hydrogen) atoms. The molecule has 0 atom stereocenters. The van der Waals surface area contributed by atoms with Crippen LogP contribution in [0.5, 0.6) is 5.75 Å². The van der Waals surface area contributed by atoms with E-state index in [-0.39, 0.29) is 17.0 Å². The number of carbonyl (C=O) groups excluding carboxylic acids is 2. The van der Waals surface area contributed by atoms with Gasteiger partial charge in [-0.05, 0) is 25.1 Å². The lowest BCUT2D eigenvalue weighted by Crippen LogP contribution is -2.18. The molecule has 0 radical (unpaired) electrons. The third-order valence-electron chi connectivity index (χ3n) is 3.00. The van der Waals surface area contributed by atoms with Gasteiger partial charge in [-0.25, -0.2) is 4.98 Å². The Balaban J connectivity index is 0.00000127. The standard InChI is InChI=1S/C16H16N2O3.C2H6/c1-10-14(21-3)9-13(15(17-10)11(2)19)16(20)18-12-7-5-4-6-8-12;1-2/h4-9H,1-3H3,(H,18,20);1-2H3. The zero-order chi connectivity index (χ0) is 17.4. The molecule has 0 saturated heterocycles. The van der Waals surface area contributed by atoms with Crippen molar-refractivity contribution in [3.63, 3.8) is 0 Å². The molecule has 122 valence electrons. The molecule has 1 aromatic carbocycles. The number of Topliss-reactive ketones (excluding diaryl/α,β-unsaturated/α-hetero) is 1. The number of carbonyl (C=O) groups is 2. The summed E-state index contributed by atoms with van der Waals surface area (Å²) in [7, 11) is 1.50. The molecule has 0 saturated carbocycles. The fourth-order valence-electron chi connectivity index (χ4n) is 1.95. The Kier molecular flexibility index (Phi) is 6.93. The SMILES string of the molecule is CC.COc1cc(C(=O)Nc2ccccc2)c(C(C)=O)nc1C. The predicted octanol–water partition coefficient (Wildman–Crippen LogP) is 3.88. The normalized spacial score (nSPS) is 9.43. The molecule has 0 fully saturated rings. The highest BCUT2D eigenvalue weighted by Gasteiger charge is 2.19. The van der Waals surface area contributed by atoms with Crippen molar-refractivity contribution < 1.29 is 14.3 Å². The van der Waals surface area contributed by atoms with Gasteiger partial charge < -0.3 is 10.1 Å². The van der Waals surface area contributed by atoms with Gasteiger partial charge in [0.1, 0.15) is 11.4 Å². The van der Waals surface area contributed by atoms with Crippen LogP contribution in [0.2, 0.25) is 0 Å². The van der Waals surface area contributed by atoms with E-state index in [2.05, 4.69) is 10.3 Å². The van der Waals surface area contributed by atoms with Gasteiger partial charge >= 0.3 is 0 Å². The molecule has 1 amide bonds. The first kappa shape index (κ1) is 18.4. The topological polar surface area (TPSA) is 68.3 Å². The van der Waals surface area contributed by atoms with Crippen LogP contribution < -0.4 is 10.1 Å². The summed E-state index contributed by atoms with van der Waals surface area (Å²) >= 11 is 0. The highest BCUT2D eigenvalue weighted by Crippen LogP contribution is 2.21. The molecule has 2 aromatic rings. The van der Waals surface area contributed by atoms with Crippen LogP contribution in [-0.2, 0) is 0 Å². The van der Waals surface area contributed by atoms with Crippen LogP contribution in [0.25, 0.3) is 0 Å². The van der Waals surface area contributed by atoms with Crippen LogP contribution in [-0.4, -0.2) is 23.8 Å². The van der Waals surface area contributed by atoms with Crippen molar-refractivity contribution in [2.24, 2.45) is 0 Å². The molecule has 2 rings (SSSR count). The van der Waals surface area contributed by atoms with Crippen LogP contribution in [0.3, 0.4) is 0 Å². The van der Waals surface area contributed by atoms with Gasteiger partial charge in [0.05, 0.1) is 18.4 Å². The van der Waals surface area contributed by atoms with E-state index in [4.69, 9.17) is 4.74 Å². The number of amides is 1. The second-order valence-corrected chi connectivity index (χ2v) is 4.55. The molecule has 1 N–H and O–H groups in total. The fraction of sp³-hybridized carbons (Fsp3) is 0.278.